The van der Waals surface area contributed by atoms with E-state index in [1.807, 2.05) is 25.1 Å². The van der Waals surface area contributed by atoms with E-state index in [0.29, 0.717) is 16.4 Å². The van der Waals surface area contributed by atoms with E-state index in [-0.39, 0.29) is 11.9 Å². The molecule has 1 unspecified atom stereocenters. The number of benzene rings is 1. The highest BCUT2D eigenvalue weighted by molar-refractivity contribution is 6.30. The van der Waals surface area contributed by atoms with Crippen LogP contribution in [0.15, 0.2) is 53.1 Å². The van der Waals surface area contributed by atoms with Gasteiger partial charge in [-0.25, -0.2) is 0 Å². The summed E-state index contributed by atoms with van der Waals surface area (Å²) in [6.07, 6.45) is 1.60. The van der Waals surface area contributed by atoms with Crippen molar-refractivity contribution >= 4 is 17.5 Å². The Morgan fingerprint density at radius 1 is 1.30 bits per heavy atom. The number of furan rings is 1. The molecule has 0 spiro atoms. The van der Waals surface area contributed by atoms with Crippen molar-refractivity contribution in [3.63, 3.8) is 0 Å². The van der Waals surface area contributed by atoms with Crippen molar-refractivity contribution in [3.05, 3.63) is 65.2 Å². The first-order chi connectivity index (χ1) is 11.1. The summed E-state index contributed by atoms with van der Waals surface area (Å²) >= 11 is 5.88. The zero-order valence-electron chi connectivity index (χ0n) is 12.8. The minimum Gasteiger partial charge on any atom is -0.467 e. The van der Waals surface area contributed by atoms with Crippen molar-refractivity contribution in [2.24, 2.45) is 0 Å². The Kier molecular flexibility index (Phi) is 4.21. The van der Waals surface area contributed by atoms with Gasteiger partial charge in [-0.2, -0.15) is 5.10 Å². The number of carbonyl (C=O) groups excluding carboxylic acids is 1. The molecule has 2 heterocycles. The van der Waals surface area contributed by atoms with Gasteiger partial charge in [0.15, 0.2) is 0 Å². The van der Waals surface area contributed by atoms with E-state index in [1.54, 1.807) is 42.5 Å². The third-order valence-corrected chi connectivity index (χ3v) is 4.06. The van der Waals surface area contributed by atoms with Crippen LogP contribution in [0.4, 0.5) is 0 Å². The van der Waals surface area contributed by atoms with Crippen LogP contribution in [0.1, 0.15) is 29.2 Å². The second-order valence-electron chi connectivity index (χ2n) is 5.28. The molecule has 1 aromatic carbocycles. The number of nitrogens with one attached hydrogen (secondary N) is 1. The number of halogens is 1. The Morgan fingerprint density at radius 3 is 2.70 bits per heavy atom. The summed E-state index contributed by atoms with van der Waals surface area (Å²) in [7, 11) is 1.73. The Balaban J connectivity index is 1.79. The number of nitrogens with zero attached hydrogens (tertiary/aromatic N) is 2. The minimum atomic E-state index is -0.167. The molecule has 6 heteroatoms. The maximum atomic E-state index is 12.6. The van der Waals surface area contributed by atoms with E-state index in [4.69, 9.17) is 16.0 Å². The molecule has 3 aromatic rings. The molecule has 3 rings (SSSR count). The van der Waals surface area contributed by atoms with E-state index < -0.39 is 0 Å². The van der Waals surface area contributed by atoms with E-state index in [0.717, 1.165) is 11.3 Å². The highest BCUT2D eigenvalue weighted by atomic mass is 35.5. The Bertz CT molecular complexity index is 794. The van der Waals surface area contributed by atoms with Crippen LogP contribution in [0, 0.1) is 0 Å². The SMILES string of the molecule is CC(c1ccco1)N(C)C(=O)c1cc(-c2ccc(Cl)cc2)n[nH]1. The monoisotopic (exact) mass is 329 g/mol. The summed E-state index contributed by atoms with van der Waals surface area (Å²) in [5.74, 6) is 0.583. The van der Waals surface area contributed by atoms with Gasteiger partial charge in [-0.1, -0.05) is 23.7 Å². The van der Waals surface area contributed by atoms with Gasteiger partial charge in [0.25, 0.3) is 5.91 Å². The highest BCUT2D eigenvalue weighted by Gasteiger charge is 2.22. The molecule has 118 valence electrons. The molecule has 0 aliphatic rings. The maximum absolute atomic E-state index is 12.6. The molecule has 0 saturated heterocycles. The molecule has 0 aliphatic carbocycles. The number of amides is 1. The largest absolute Gasteiger partial charge is 0.467 e. The van der Waals surface area contributed by atoms with Crippen LogP contribution in [0.2, 0.25) is 5.02 Å². The van der Waals surface area contributed by atoms with Crippen LogP contribution in [0.5, 0.6) is 0 Å². The van der Waals surface area contributed by atoms with Crippen molar-refractivity contribution in [1.82, 2.24) is 15.1 Å². The van der Waals surface area contributed by atoms with Gasteiger partial charge in [0.1, 0.15) is 11.5 Å². The van der Waals surface area contributed by atoms with E-state index >= 15 is 0 Å². The third-order valence-electron chi connectivity index (χ3n) is 3.80. The molecule has 0 fully saturated rings. The lowest BCUT2D eigenvalue weighted by Gasteiger charge is -2.22. The molecule has 23 heavy (non-hydrogen) atoms. The van der Waals surface area contributed by atoms with Crippen molar-refractivity contribution in [3.8, 4) is 11.3 Å². The van der Waals surface area contributed by atoms with Gasteiger partial charge in [0.05, 0.1) is 18.0 Å². The average Bonchev–Trinajstić information content (AvgIpc) is 3.25. The van der Waals surface area contributed by atoms with Gasteiger partial charge in [-0.15, -0.1) is 0 Å². The lowest BCUT2D eigenvalue weighted by atomic mass is 10.1. The summed E-state index contributed by atoms with van der Waals surface area (Å²) in [5, 5.41) is 7.66. The fourth-order valence-electron chi connectivity index (χ4n) is 2.29. The lowest BCUT2D eigenvalue weighted by Crippen LogP contribution is -2.29. The predicted molar refractivity (Wildman–Crippen MR) is 88.3 cm³/mol. The van der Waals surface area contributed by atoms with Gasteiger partial charge in [0, 0.05) is 17.6 Å². The van der Waals surface area contributed by atoms with Gasteiger partial charge in [0.2, 0.25) is 0 Å². The smallest absolute Gasteiger partial charge is 0.272 e. The number of rotatable bonds is 4. The number of aromatic nitrogens is 2. The van der Waals surface area contributed by atoms with Crippen molar-refractivity contribution in [1.29, 1.82) is 0 Å². The molecule has 0 radical (unpaired) electrons. The normalized spacial score (nSPS) is 12.1. The first kappa shape index (κ1) is 15.4. The highest BCUT2D eigenvalue weighted by Crippen LogP contribution is 2.23. The zero-order chi connectivity index (χ0) is 16.4. The van der Waals surface area contributed by atoms with Crippen LogP contribution >= 0.6 is 11.6 Å². The van der Waals surface area contributed by atoms with Crippen LogP contribution < -0.4 is 0 Å². The van der Waals surface area contributed by atoms with E-state index in [1.165, 1.54) is 0 Å². The van der Waals surface area contributed by atoms with E-state index in [2.05, 4.69) is 10.2 Å². The van der Waals surface area contributed by atoms with Gasteiger partial charge in [-0.05, 0) is 37.3 Å². The lowest BCUT2D eigenvalue weighted by molar-refractivity contribution is 0.0720. The van der Waals surface area contributed by atoms with Crippen LogP contribution in [0.25, 0.3) is 11.3 Å². The molecule has 0 saturated carbocycles. The first-order valence-corrected chi connectivity index (χ1v) is 7.56. The van der Waals surface area contributed by atoms with Gasteiger partial charge in [-0.3, -0.25) is 9.89 Å². The Labute approximate surface area is 138 Å². The van der Waals surface area contributed by atoms with Crippen molar-refractivity contribution in [2.75, 3.05) is 7.05 Å². The van der Waals surface area contributed by atoms with E-state index in [9.17, 15) is 4.79 Å². The molecule has 0 aliphatic heterocycles. The molecule has 2 aromatic heterocycles. The summed E-state index contributed by atoms with van der Waals surface area (Å²) < 4.78 is 5.36. The average molecular weight is 330 g/mol. The molecule has 0 bridgehead atoms. The van der Waals surface area contributed by atoms with Crippen molar-refractivity contribution in [2.45, 2.75) is 13.0 Å². The molecular formula is C17H16ClN3O2. The zero-order valence-corrected chi connectivity index (χ0v) is 13.5. The van der Waals surface area contributed by atoms with Crippen molar-refractivity contribution < 1.29 is 9.21 Å². The number of H-pyrrole nitrogens is 1. The summed E-state index contributed by atoms with van der Waals surface area (Å²) in [4.78, 5) is 14.2. The van der Waals surface area contributed by atoms with Crippen LogP contribution in [-0.2, 0) is 0 Å². The number of aromatic amines is 1. The molecule has 1 atom stereocenters. The molecule has 1 amide bonds. The number of hydrogen-bond donors (Lipinski definition) is 1. The predicted octanol–water partition coefficient (Wildman–Crippen LogP) is 4.16. The molecule has 1 N–H and O–H groups in total. The summed E-state index contributed by atoms with van der Waals surface area (Å²) in [6, 6.07) is 12.5. The topological polar surface area (TPSA) is 62.1 Å². The fraction of sp³-hybridized carbons (Fsp3) is 0.176. The third kappa shape index (κ3) is 3.14. The molecular weight excluding hydrogens is 314 g/mol. The second kappa shape index (κ2) is 6.30. The first-order valence-electron chi connectivity index (χ1n) is 7.18. The van der Waals surface area contributed by atoms with Crippen LogP contribution in [-0.4, -0.2) is 28.1 Å². The Morgan fingerprint density at radius 2 is 2.04 bits per heavy atom. The van der Waals surface area contributed by atoms with Gasteiger partial charge >= 0.3 is 0 Å². The minimum absolute atomic E-state index is 0.151. The molecule has 5 nitrogen and oxygen atoms in total. The standard InChI is InChI=1S/C17H16ClN3O2/c1-11(16-4-3-9-23-16)21(2)17(22)15-10-14(19-20-15)12-5-7-13(18)8-6-12/h3-11H,1-2H3,(H,19,20). The summed E-state index contributed by atoms with van der Waals surface area (Å²) in [6.45, 7) is 1.91. The van der Waals surface area contributed by atoms with Crippen LogP contribution in [0.3, 0.4) is 0 Å². The second-order valence-corrected chi connectivity index (χ2v) is 5.72. The number of hydrogen-bond acceptors (Lipinski definition) is 3. The quantitative estimate of drug-likeness (QED) is 0.782. The number of carbonyl (C=O) groups is 1. The Hall–Kier alpha value is -2.53. The summed E-state index contributed by atoms with van der Waals surface area (Å²) in [5.41, 5.74) is 2.02. The fourth-order valence-corrected chi connectivity index (χ4v) is 2.41. The maximum Gasteiger partial charge on any atom is 0.272 e. The van der Waals surface area contributed by atoms with Gasteiger partial charge < -0.3 is 9.32 Å².